The molecule has 94 valence electrons. The lowest BCUT2D eigenvalue weighted by Crippen LogP contribution is -2.14. The Bertz CT molecular complexity index is 387. The van der Waals surface area contributed by atoms with Gasteiger partial charge in [-0.25, -0.2) is 0 Å². The van der Waals surface area contributed by atoms with E-state index in [1.165, 1.54) is 12.1 Å². The summed E-state index contributed by atoms with van der Waals surface area (Å²) in [6, 6.07) is 4.49. The van der Waals surface area contributed by atoms with Crippen molar-refractivity contribution in [2.24, 2.45) is 0 Å². The van der Waals surface area contributed by atoms with Gasteiger partial charge in [0.2, 0.25) is 0 Å². The Kier molecular flexibility index (Phi) is 4.45. The first-order valence-electron chi connectivity index (χ1n) is 4.91. The summed E-state index contributed by atoms with van der Waals surface area (Å²) in [5, 5.41) is 8.18. The van der Waals surface area contributed by atoms with Crippen LogP contribution in [0.1, 0.15) is 18.9 Å². The Hall–Kier alpha value is -1.17. The predicted molar refractivity (Wildman–Crippen MR) is 59.0 cm³/mol. The molecule has 1 N–H and O–H groups in total. The quantitative estimate of drug-likeness (QED) is 0.843. The molecule has 2 nitrogen and oxygen atoms in total. The molecule has 0 heterocycles. The smallest absolute Gasteiger partial charge is 0.416 e. The fraction of sp³-hybridized carbons (Fsp3) is 0.364. The molecule has 1 aromatic rings. The van der Waals surface area contributed by atoms with Gasteiger partial charge < -0.3 is 5.11 Å². The molecule has 1 atom stereocenters. The normalized spacial score (nSPS) is 13.4. The van der Waals surface area contributed by atoms with Crippen LogP contribution in [0, 0.1) is 0 Å². The molecular weight excluding hydrogens is 253 g/mol. The van der Waals surface area contributed by atoms with E-state index in [9.17, 15) is 18.0 Å². The van der Waals surface area contributed by atoms with Crippen LogP contribution in [0.2, 0.25) is 0 Å². The highest BCUT2D eigenvalue weighted by atomic mass is 32.2. The first-order chi connectivity index (χ1) is 7.84. The second kappa shape index (κ2) is 5.44. The number of rotatable bonds is 4. The van der Waals surface area contributed by atoms with Crippen LogP contribution in [0.25, 0.3) is 0 Å². The zero-order valence-corrected chi connectivity index (χ0v) is 9.81. The minimum Gasteiger partial charge on any atom is -0.480 e. The van der Waals surface area contributed by atoms with E-state index in [0.717, 1.165) is 23.9 Å². The first kappa shape index (κ1) is 13.9. The standard InChI is InChI=1S/C11H11F3O2S/c1-2-9(10(15)16)17-8-5-3-7(4-6-8)11(12,13)14/h3-6,9H,2H2,1H3,(H,15,16). The van der Waals surface area contributed by atoms with Gasteiger partial charge in [-0.05, 0) is 30.7 Å². The molecule has 0 spiro atoms. The van der Waals surface area contributed by atoms with E-state index in [1.807, 2.05) is 0 Å². The van der Waals surface area contributed by atoms with Gasteiger partial charge in [0.15, 0.2) is 0 Å². The Morgan fingerprint density at radius 2 is 1.88 bits per heavy atom. The van der Waals surface area contributed by atoms with Crippen molar-refractivity contribution < 1.29 is 23.1 Å². The van der Waals surface area contributed by atoms with Crippen LogP contribution >= 0.6 is 11.8 Å². The number of carbonyl (C=O) groups is 1. The van der Waals surface area contributed by atoms with Crippen LogP contribution in [-0.2, 0) is 11.0 Å². The van der Waals surface area contributed by atoms with Gasteiger partial charge in [-0.2, -0.15) is 13.2 Å². The minimum absolute atomic E-state index is 0.418. The monoisotopic (exact) mass is 264 g/mol. The maximum absolute atomic E-state index is 12.3. The minimum atomic E-state index is -4.36. The average Bonchev–Trinajstić information content (AvgIpc) is 2.25. The topological polar surface area (TPSA) is 37.3 Å². The number of alkyl halides is 3. The highest BCUT2D eigenvalue weighted by Gasteiger charge is 2.30. The van der Waals surface area contributed by atoms with Crippen LogP contribution in [-0.4, -0.2) is 16.3 Å². The summed E-state index contributed by atoms with van der Waals surface area (Å²) in [4.78, 5) is 11.3. The number of hydrogen-bond donors (Lipinski definition) is 1. The molecule has 0 saturated heterocycles. The second-order valence-corrected chi connectivity index (χ2v) is 4.65. The van der Waals surface area contributed by atoms with Crippen molar-refractivity contribution in [3.8, 4) is 0 Å². The van der Waals surface area contributed by atoms with E-state index in [2.05, 4.69) is 0 Å². The molecule has 0 bridgehead atoms. The van der Waals surface area contributed by atoms with Gasteiger partial charge in [0, 0.05) is 4.90 Å². The van der Waals surface area contributed by atoms with Gasteiger partial charge in [-0.15, -0.1) is 11.8 Å². The molecule has 1 unspecified atom stereocenters. The van der Waals surface area contributed by atoms with Crippen LogP contribution < -0.4 is 0 Å². The molecular formula is C11H11F3O2S. The second-order valence-electron chi connectivity index (χ2n) is 3.38. The van der Waals surface area contributed by atoms with Crippen LogP contribution in [0.15, 0.2) is 29.2 Å². The van der Waals surface area contributed by atoms with E-state index in [4.69, 9.17) is 5.11 Å². The number of thioether (sulfide) groups is 1. The van der Waals surface area contributed by atoms with Crippen LogP contribution in [0.5, 0.6) is 0 Å². The van der Waals surface area contributed by atoms with Crippen LogP contribution in [0.3, 0.4) is 0 Å². The number of benzene rings is 1. The predicted octanol–water partition coefficient (Wildman–Crippen LogP) is 3.66. The molecule has 1 rings (SSSR count). The number of halogens is 3. The van der Waals surface area contributed by atoms with Gasteiger partial charge in [-0.3, -0.25) is 4.79 Å². The average molecular weight is 264 g/mol. The Morgan fingerprint density at radius 3 is 2.24 bits per heavy atom. The SMILES string of the molecule is CCC(Sc1ccc(C(F)(F)F)cc1)C(=O)O. The van der Waals surface area contributed by atoms with Crippen LogP contribution in [0.4, 0.5) is 13.2 Å². The maximum atomic E-state index is 12.3. The molecule has 0 saturated carbocycles. The molecule has 0 aliphatic rings. The van der Waals surface area contributed by atoms with E-state index in [1.54, 1.807) is 6.92 Å². The van der Waals surface area contributed by atoms with Crippen molar-refractivity contribution >= 4 is 17.7 Å². The molecule has 0 radical (unpaired) electrons. The zero-order chi connectivity index (χ0) is 13.1. The molecule has 0 amide bonds. The number of hydrogen-bond acceptors (Lipinski definition) is 2. The number of carboxylic acid groups (broad SMARTS) is 1. The molecule has 0 aliphatic heterocycles. The molecule has 6 heteroatoms. The highest BCUT2D eigenvalue weighted by molar-refractivity contribution is 8.00. The zero-order valence-electron chi connectivity index (χ0n) is 8.99. The lowest BCUT2D eigenvalue weighted by molar-refractivity contribution is -0.138. The van der Waals surface area contributed by atoms with Crippen molar-refractivity contribution in [3.05, 3.63) is 29.8 Å². The highest BCUT2D eigenvalue weighted by Crippen LogP contribution is 2.32. The van der Waals surface area contributed by atoms with Crippen molar-refractivity contribution in [1.82, 2.24) is 0 Å². The summed E-state index contributed by atoms with van der Waals surface area (Å²) in [6.07, 6.45) is -3.94. The van der Waals surface area contributed by atoms with Gasteiger partial charge in [0.05, 0.1) is 5.56 Å². The van der Waals surface area contributed by atoms with Gasteiger partial charge in [-0.1, -0.05) is 6.92 Å². The number of carboxylic acids is 1. The summed E-state index contributed by atoms with van der Waals surface area (Å²) >= 11 is 1.05. The summed E-state index contributed by atoms with van der Waals surface area (Å²) in [5.41, 5.74) is -0.731. The van der Waals surface area contributed by atoms with Crippen molar-refractivity contribution in [2.75, 3.05) is 0 Å². The lowest BCUT2D eigenvalue weighted by atomic mass is 10.2. The van der Waals surface area contributed by atoms with Gasteiger partial charge >= 0.3 is 12.1 Å². The molecule has 17 heavy (non-hydrogen) atoms. The maximum Gasteiger partial charge on any atom is 0.416 e. The fourth-order valence-electron chi connectivity index (χ4n) is 1.20. The van der Waals surface area contributed by atoms with E-state index in [-0.39, 0.29) is 0 Å². The largest absolute Gasteiger partial charge is 0.480 e. The molecule has 0 aromatic heterocycles. The summed E-state index contributed by atoms with van der Waals surface area (Å²) < 4.78 is 36.8. The molecule has 0 fully saturated rings. The Balaban J connectivity index is 2.78. The summed E-state index contributed by atoms with van der Waals surface area (Å²) in [7, 11) is 0. The fourth-order valence-corrected chi connectivity index (χ4v) is 2.08. The molecule has 0 aliphatic carbocycles. The van der Waals surface area contributed by atoms with Crippen molar-refractivity contribution in [1.29, 1.82) is 0 Å². The van der Waals surface area contributed by atoms with Crippen molar-refractivity contribution in [3.63, 3.8) is 0 Å². The molecule has 1 aromatic carbocycles. The third-order valence-corrected chi connectivity index (χ3v) is 3.47. The summed E-state index contributed by atoms with van der Waals surface area (Å²) in [6.45, 7) is 1.72. The van der Waals surface area contributed by atoms with E-state index >= 15 is 0 Å². The Morgan fingerprint density at radius 1 is 1.35 bits per heavy atom. The third kappa shape index (κ3) is 3.96. The van der Waals surface area contributed by atoms with Gasteiger partial charge in [0.25, 0.3) is 0 Å². The number of aliphatic carboxylic acids is 1. The third-order valence-electron chi connectivity index (χ3n) is 2.11. The van der Waals surface area contributed by atoms with E-state index in [0.29, 0.717) is 11.3 Å². The Labute approximate surface area is 101 Å². The lowest BCUT2D eigenvalue weighted by Gasteiger charge is -2.10. The van der Waals surface area contributed by atoms with Gasteiger partial charge in [0.1, 0.15) is 5.25 Å². The summed E-state index contributed by atoms with van der Waals surface area (Å²) in [5.74, 6) is -0.961. The first-order valence-corrected chi connectivity index (χ1v) is 5.79. The van der Waals surface area contributed by atoms with E-state index < -0.39 is 23.0 Å². The van der Waals surface area contributed by atoms with Crippen molar-refractivity contribution in [2.45, 2.75) is 29.7 Å².